The predicted octanol–water partition coefficient (Wildman–Crippen LogP) is 3.86. The predicted molar refractivity (Wildman–Crippen MR) is 90.3 cm³/mol. The van der Waals surface area contributed by atoms with Crippen LogP contribution >= 0.6 is 11.3 Å². The van der Waals surface area contributed by atoms with Crippen molar-refractivity contribution in [2.75, 3.05) is 6.61 Å². The summed E-state index contributed by atoms with van der Waals surface area (Å²) >= 11 is 1.64. The first-order valence-electron chi connectivity index (χ1n) is 7.34. The number of aryl methyl sites for hydroxylation is 1. The van der Waals surface area contributed by atoms with Gasteiger partial charge < -0.3 is 9.47 Å². The fourth-order valence-corrected chi connectivity index (χ4v) is 3.10. The summed E-state index contributed by atoms with van der Waals surface area (Å²) in [5.74, 6) is -0.360. The topological polar surface area (TPSA) is 48.4 Å². The molecule has 5 heteroatoms. The summed E-state index contributed by atoms with van der Waals surface area (Å²) in [6.45, 7) is 2.59. The van der Waals surface area contributed by atoms with Crippen molar-refractivity contribution >= 4 is 27.5 Å². The normalized spacial score (nSPS) is 10.8. The molecule has 0 aliphatic rings. The first-order chi connectivity index (χ1) is 11.2. The van der Waals surface area contributed by atoms with Gasteiger partial charge in [0.15, 0.2) is 0 Å². The molecule has 0 bridgehead atoms. The number of rotatable bonds is 6. The number of aromatic nitrogens is 1. The van der Waals surface area contributed by atoms with Crippen LogP contribution in [-0.4, -0.2) is 17.6 Å². The smallest absolute Gasteiger partial charge is 0.332 e. The maximum atomic E-state index is 11.7. The minimum absolute atomic E-state index is 0.0448. The molecule has 1 aromatic heterocycles. The van der Waals surface area contributed by atoms with Crippen LogP contribution in [0.2, 0.25) is 0 Å². The molecule has 0 unspecified atom stereocenters. The minimum Gasteiger partial charge on any atom is -0.459 e. The molecular formula is C18H17NO3S. The molecule has 0 saturated heterocycles. The average molecular weight is 327 g/mol. The van der Waals surface area contributed by atoms with Gasteiger partial charge in [0.2, 0.25) is 0 Å². The van der Waals surface area contributed by atoms with E-state index in [1.165, 1.54) is 0 Å². The maximum absolute atomic E-state index is 11.7. The van der Waals surface area contributed by atoms with Gasteiger partial charge in [0.05, 0.1) is 21.8 Å². The van der Waals surface area contributed by atoms with Crippen LogP contribution in [0.25, 0.3) is 10.2 Å². The highest BCUT2D eigenvalue weighted by atomic mass is 32.1. The second-order valence-corrected chi connectivity index (χ2v) is 6.41. The van der Waals surface area contributed by atoms with Crippen LogP contribution < -0.4 is 0 Å². The highest BCUT2D eigenvalue weighted by Crippen LogP contribution is 2.22. The van der Waals surface area contributed by atoms with Gasteiger partial charge >= 0.3 is 5.97 Å². The molecule has 1 heterocycles. The molecule has 0 spiro atoms. The van der Waals surface area contributed by atoms with E-state index in [1.54, 1.807) is 11.3 Å². The van der Waals surface area contributed by atoms with Gasteiger partial charge in [-0.1, -0.05) is 36.4 Å². The highest BCUT2D eigenvalue weighted by molar-refractivity contribution is 7.18. The Morgan fingerprint density at radius 3 is 2.74 bits per heavy atom. The number of thiazole rings is 1. The lowest BCUT2D eigenvalue weighted by Crippen LogP contribution is -2.12. The van der Waals surface area contributed by atoms with Gasteiger partial charge in [0, 0.05) is 0 Å². The Hall–Kier alpha value is -2.24. The third kappa shape index (κ3) is 4.37. The molecule has 0 saturated carbocycles. The van der Waals surface area contributed by atoms with Crippen molar-refractivity contribution in [1.82, 2.24) is 4.98 Å². The summed E-state index contributed by atoms with van der Waals surface area (Å²) in [5, 5.41) is 1.03. The summed E-state index contributed by atoms with van der Waals surface area (Å²) in [6.07, 6.45) is 0. The van der Waals surface area contributed by atoms with E-state index in [9.17, 15) is 4.79 Å². The molecular weight excluding hydrogens is 310 g/mol. The average Bonchev–Trinajstić information content (AvgIpc) is 2.93. The number of fused-ring (bicyclic) bond motifs is 1. The molecule has 2 aromatic carbocycles. The van der Waals surface area contributed by atoms with Crippen molar-refractivity contribution in [2.45, 2.75) is 20.1 Å². The van der Waals surface area contributed by atoms with E-state index in [0.717, 1.165) is 26.4 Å². The summed E-state index contributed by atoms with van der Waals surface area (Å²) in [5.41, 5.74) is 2.97. The monoisotopic (exact) mass is 327 g/mol. The molecule has 0 radical (unpaired) electrons. The molecule has 23 heavy (non-hydrogen) atoms. The highest BCUT2D eigenvalue weighted by Gasteiger charge is 2.06. The SMILES string of the molecule is Cc1nc2ccc(COC(=O)COCc3ccccc3)cc2s1. The van der Waals surface area contributed by atoms with Crippen LogP contribution in [-0.2, 0) is 27.5 Å². The largest absolute Gasteiger partial charge is 0.459 e. The Bertz CT molecular complexity index is 798. The van der Waals surface area contributed by atoms with Gasteiger partial charge in [-0.15, -0.1) is 11.3 Å². The first kappa shape index (κ1) is 15.6. The van der Waals surface area contributed by atoms with Gasteiger partial charge in [-0.25, -0.2) is 9.78 Å². The van der Waals surface area contributed by atoms with E-state index >= 15 is 0 Å². The van der Waals surface area contributed by atoms with Crippen molar-refractivity contribution in [1.29, 1.82) is 0 Å². The standard InChI is InChI=1S/C18H17NO3S/c1-13-19-16-8-7-15(9-17(16)23-13)11-22-18(20)12-21-10-14-5-3-2-4-6-14/h2-9H,10-12H2,1H3. The maximum Gasteiger partial charge on any atom is 0.332 e. The molecule has 0 aliphatic heterocycles. The molecule has 0 amide bonds. The van der Waals surface area contributed by atoms with E-state index < -0.39 is 0 Å². The van der Waals surface area contributed by atoms with Crippen LogP contribution in [0, 0.1) is 6.92 Å². The van der Waals surface area contributed by atoms with E-state index in [1.807, 2.05) is 55.5 Å². The van der Waals surface area contributed by atoms with Crippen LogP contribution in [0.3, 0.4) is 0 Å². The summed E-state index contributed by atoms with van der Waals surface area (Å²) in [4.78, 5) is 16.1. The Morgan fingerprint density at radius 2 is 1.91 bits per heavy atom. The lowest BCUT2D eigenvalue weighted by Gasteiger charge is -2.06. The number of esters is 1. The van der Waals surface area contributed by atoms with E-state index in [2.05, 4.69) is 4.98 Å². The van der Waals surface area contributed by atoms with Gasteiger partial charge in [-0.3, -0.25) is 0 Å². The quantitative estimate of drug-likeness (QED) is 0.645. The molecule has 0 atom stereocenters. The van der Waals surface area contributed by atoms with Crippen molar-refractivity contribution < 1.29 is 14.3 Å². The number of carbonyl (C=O) groups is 1. The Labute approximate surface area is 138 Å². The number of carbonyl (C=O) groups excluding carboxylic acids is 1. The number of nitrogens with zero attached hydrogens (tertiary/aromatic N) is 1. The van der Waals surface area contributed by atoms with Crippen LogP contribution in [0.15, 0.2) is 48.5 Å². The number of hydrogen-bond acceptors (Lipinski definition) is 5. The van der Waals surface area contributed by atoms with Gasteiger partial charge in [-0.2, -0.15) is 0 Å². The first-order valence-corrected chi connectivity index (χ1v) is 8.16. The molecule has 3 rings (SSSR count). The summed E-state index contributed by atoms with van der Waals surface area (Å²) in [6, 6.07) is 15.6. The molecule has 0 aliphatic carbocycles. The second kappa shape index (κ2) is 7.35. The fourth-order valence-electron chi connectivity index (χ4n) is 2.21. The van der Waals surface area contributed by atoms with E-state index in [-0.39, 0.29) is 19.2 Å². The number of ether oxygens (including phenoxy) is 2. The molecule has 4 nitrogen and oxygen atoms in total. The molecule has 3 aromatic rings. The lowest BCUT2D eigenvalue weighted by molar-refractivity contribution is -0.150. The molecule has 118 valence electrons. The van der Waals surface area contributed by atoms with Gasteiger partial charge in [0.1, 0.15) is 13.2 Å². The van der Waals surface area contributed by atoms with Crippen LogP contribution in [0.5, 0.6) is 0 Å². The number of hydrogen-bond donors (Lipinski definition) is 0. The zero-order valence-corrected chi connectivity index (χ0v) is 13.6. The van der Waals surface area contributed by atoms with Gasteiger partial charge in [-0.05, 0) is 30.2 Å². The lowest BCUT2D eigenvalue weighted by atomic mass is 10.2. The van der Waals surface area contributed by atoms with E-state index in [0.29, 0.717) is 6.61 Å². The van der Waals surface area contributed by atoms with Gasteiger partial charge in [0.25, 0.3) is 0 Å². The van der Waals surface area contributed by atoms with E-state index in [4.69, 9.17) is 9.47 Å². The Morgan fingerprint density at radius 1 is 1.09 bits per heavy atom. The number of benzene rings is 2. The van der Waals surface area contributed by atoms with Crippen molar-refractivity contribution in [2.24, 2.45) is 0 Å². The summed E-state index contributed by atoms with van der Waals surface area (Å²) < 4.78 is 11.7. The van der Waals surface area contributed by atoms with Crippen LogP contribution in [0.4, 0.5) is 0 Å². The second-order valence-electron chi connectivity index (χ2n) is 5.17. The zero-order chi connectivity index (χ0) is 16.1. The minimum atomic E-state index is -0.360. The molecule has 0 N–H and O–H groups in total. The Kier molecular flexibility index (Phi) is 5.00. The van der Waals surface area contributed by atoms with Crippen LogP contribution in [0.1, 0.15) is 16.1 Å². The van der Waals surface area contributed by atoms with Crippen molar-refractivity contribution in [3.8, 4) is 0 Å². The van der Waals surface area contributed by atoms with Crippen molar-refractivity contribution in [3.05, 3.63) is 64.7 Å². The van der Waals surface area contributed by atoms with Crippen molar-refractivity contribution in [3.63, 3.8) is 0 Å². The fraction of sp³-hybridized carbons (Fsp3) is 0.222. The Balaban J connectivity index is 1.46. The third-order valence-corrected chi connectivity index (χ3v) is 4.22. The molecule has 0 fully saturated rings. The summed E-state index contributed by atoms with van der Waals surface area (Å²) in [7, 11) is 0. The zero-order valence-electron chi connectivity index (χ0n) is 12.8. The third-order valence-electron chi connectivity index (χ3n) is 3.29.